The Kier molecular flexibility index (Phi) is 4.18. The van der Waals surface area contributed by atoms with E-state index in [1.165, 1.54) is 0 Å². The van der Waals surface area contributed by atoms with Gasteiger partial charge in [0.25, 0.3) is 0 Å². The smallest absolute Gasteiger partial charge is 0.315 e. The molecule has 0 saturated carbocycles. The first-order chi connectivity index (χ1) is 11.2. The van der Waals surface area contributed by atoms with Gasteiger partial charge < -0.3 is 24.4 Å². The number of ether oxygens (including phenoxy) is 1. The fraction of sp³-hybridized carbons (Fsp3) is 0.250. The van der Waals surface area contributed by atoms with Gasteiger partial charge in [-0.15, -0.1) is 0 Å². The van der Waals surface area contributed by atoms with Gasteiger partial charge in [0.15, 0.2) is 11.5 Å². The van der Waals surface area contributed by atoms with E-state index in [2.05, 4.69) is 15.6 Å². The number of aromatic nitrogens is 2. The van der Waals surface area contributed by atoms with Gasteiger partial charge in [0.1, 0.15) is 5.58 Å². The summed E-state index contributed by atoms with van der Waals surface area (Å²) in [4.78, 5) is 16.0. The number of carbonyl (C=O) groups excluding carboxylic acids is 1. The van der Waals surface area contributed by atoms with Crippen molar-refractivity contribution in [2.45, 2.75) is 13.1 Å². The molecule has 0 aliphatic carbocycles. The maximum absolute atomic E-state index is 11.9. The van der Waals surface area contributed by atoms with Crippen LogP contribution in [-0.2, 0) is 20.1 Å². The van der Waals surface area contributed by atoms with Crippen molar-refractivity contribution >= 4 is 17.0 Å². The van der Waals surface area contributed by atoms with Gasteiger partial charge in [-0.25, -0.2) is 9.78 Å². The zero-order valence-electron chi connectivity index (χ0n) is 13.0. The molecular weight excluding hydrogens is 296 g/mol. The summed E-state index contributed by atoms with van der Waals surface area (Å²) >= 11 is 0. The van der Waals surface area contributed by atoms with E-state index in [0.717, 1.165) is 16.7 Å². The number of methoxy groups -OCH3 is 1. The third-order valence-corrected chi connectivity index (χ3v) is 3.42. The fourth-order valence-electron chi connectivity index (χ4n) is 2.36. The number of fused-ring (bicyclic) bond motifs is 1. The topological polar surface area (TPSA) is 81.3 Å². The maximum Gasteiger partial charge on any atom is 0.315 e. The number of urea groups is 1. The number of hydrogen-bond acceptors (Lipinski definition) is 4. The number of rotatable bonds is 5. The Morgan fingerprint density at radius 3 is 2.83 bits per heavy atom. The lowest BCUT2D eigenvalue weighted by atomic mass is 10.2. The second-order valence-corrected chi connectivity index (χ2v) is 5.12. The van der Waals surface area contributed by atoms with E-state index in [0.29, 0.717) is 18.1 Å². The third kappa shape index (κ3) is 3.28. The zero-order chi connectivity index (χ0) is 16.2. The van der Waals surface area contributed by atoms with Crippen molar-refractivity contribution in [2.75, 3.05) is 7.11 Å². The first kappa shape index (κ1) is 15.0. The van der Waals surface area contributed by atoms with Crippen LogP contribution in [0.1, 0.15) is 11.5 Å². The summed E-state index contributed by atoms with van der Waals surface area (Å²) in [5.74, 6) is 1.23. The molecule has 7 nitrogen and oxygen atoms in total. The summed E-state index contributed by atoms with van der Waals surface area (Å²) in [6, 6.07) is 7.29. The van der Waals surface area contributed by atoms with Crippen molar-refractivity contribution < 1.29 is 13.9 Å². The summed E-state index contributed by atoms with van der Waals surface area (Å²) in [7, 11) is 3.46. The van der Waals surface area contributed by atoms with Crippen LogP contribution in [0.4, 0.5) is 4.79 Å². The van der Waals surface area contributed by atoms with Crippen LogP contribution >= 0.6 is 0 Å². The van der Waals surface area contributed by atoms with Gasteiger partial charge >= 0.3 is 6.03 Å². The predicted molar refractivity (Wildman–Crippen MR) is 85.0 cm³/mol. The maximum atomic E-state index is 11.9. The number of nitrogens with one attached hydrogen (secondary N) is 2. The highest BCUT2D eigenvalue weighted by molar-refractivity contribution is 5.85. The van der Waals surface area contributed by atoms with E-state index < -0.39 is 0 Å². The number of hydrogen-bond donors (Lipinski definition) is 2. The molecule has 0 radical (unpaired) electrons. The summed E-state index contributed by atoms with van der Waals surface area (Å²) in [6.45, 7) is 0.607. The molecule has 3 rings (SSSR count). The fourth-order valence-corrected chi connectivity index (χ4v) is 2.36. The Morgan fingerprint density at radius 1 is 1.30 bits per heavy atom. The van der Waals surface area contributed by atoms with E-state index in [-0.39, 0.29) is 12.6 Å². The summed E-state index contributed by atoms with van der Waals surface area (Å²) in [6.07, 6.45) is 3.54. The Balaban J connectivity index is 1.60. The molecule has 7 heteroatoms. The van der Waals surface area contributed by atoms with Crippen molar-refractivity contribution in [3.05, 3.63) is 48.2 Å². The van der Waals surface area contributed by atoms with Gasteiger partial charge in [-0.3, -0.25) is 0 Å². The number of furan rings is 1. The monoisotopic (exact) mass is 314 g/mol. The SMILES string of the molecule is COc1c(CNC(=O)NCc2cn(C)cn2)oc2ccccc12. The molecule has 0 atom stereocenters. The molecule has 2 N–H and O–H groups in total. The number of imidazole rings is 1. The van der Waals surface area contributed by atoms with Gasteiger partial charge in [0.2, 0.25) is 0 Å². The van der Waals surface area contributed by atoms with Crippen molar-refractivity contribution in [1.82, 2.24) is 20.2 Å². The van der Waals surface area contributed by atoms with Gasteiger partial charge in [0, 0.05) is 13.2 Å². The number of benzene rings is 1. The highest BCUT2D eigenvalue weighted by Crippen LogP contribution is 2.32. The highest BCUT2D eigenvalue weighted by atomic mass is 16.5. The molecule has 2 heterocycles. The minimum absolute atomic E-state index is 0.242. The van der Waals surface area contributed by atoms with E-state index in [1.54, 1.807) is 13.4 Å². The summed E-state index contributed by atoms with van der Waals surface area (Å²) in [5, 5.41) is 6.39. The molecule has 0 saturated heterocycles. The van der Waals surface area contributed by atoms with Gasteiger partial charge in [0.05, 0.1) is 37.6 Å². The molecule has 3 aromatic rings. The summed E-state index contributed by atoms with van der Waals surface area (Å²) in [5.41, 5.74) is 1.53. The molecule has 0 aliphatic rings. The predicted octanol–water partition coefficient (Wildman–Crippen LogP) is 2.17. The Labute approximate surface area is 133 Å². The number of para-hydroxylation sites is 1. The normalized spacial score (nSPS) is 10.7. The van der Waals surface area contributed by atoms with Gasteiger partial charge in [-0.1, -0.05) is 12.1 Å². The van der Waals surface area contributed by atoms with E-state index in [9.17, 15) is 4.79 Å². The van der Waals surface area contributed by atoms with E-state index in [1.807, 2.05) is 42.1 Å². The lowest BCUT2D eigenvalue weighted by Crippen LogP contribution is -2.34. The minimum Gasteiger partial charge on any atom is -0.492 e. The van der Waals surface area contributed by atoms with Crippen molar-refractivity contribution in [1.29, 1.82) is 0 Å². The number of carbonyl (C=O) groups is 1. The average Bonchev–Trinajstić information content (AvgIpc) is 3.13. The van der Waals surface area contributed by atoms with Crippen LogP contribution in [0.3, 0.4) is 0 Å². The molecule has 0 fully saturated rings. The van der Waals surface area contributed by atoms with Crippen molar-refractivity contribution in [3.8, 4) is 5.75 Å². The Hall–Kier alpha value is -2.96. The first-order valence-electron chi connectivity index (χ1n) is 7.20. The molecule has 2 aromatic heterocycles. The van der Waals surface area contributed by atoms with Crippen LogP contribution in [0, 0.1) is 0 Å². The van der Waals surface area contributed by atoms with E-state index >= 15 is 0 Å². The molecule has 0 aliphatic heterocycles. The highest BCUT2D eigenvalue weighted by Gasteiger charge is 2.15. The lowest BCUT2D eigenvalue weighted by molar-refractivity contribution is 0.239. The van der Waals surface area contributed by atoms with Gasteiger partial charge in [-0.05, 0) is 12.1 Å². The number of nitrogens with zero attached hydrogens (tertiary/aromatic N) is 2. The molecule has 0 bridgehead atoms. The molecule has 2 amide bonds. The lowest BCUT2D eigenvalue weighted by Gasteiger charge is -2.06. The molecule has 1 aromatic carbocycles. The third-order valence-electron chi connectivity index (χ3n) is 3.42. The summed E-state index contributed by atoms with van der Waals surface area (Å²) < 4.78 is 12.9. The molecule has 0 spiro atoms. The van der Waals surface area contributed by atoms with Crippen LogP contribution in [0.5, 0.6) is 5.75 Å². The average molecular weight is 314 g/mol. The van der Waals surface area contributed by atoms with Crippen LogP contribution in [0.15, 0.2) is 41.2 Å². The van der Waals surface area contributed by atoms with E-state index in [4.69, 9.17) is 9.15 Å². The van der Waals surface area contributed by atoms with Crippen molar-refractivity contribution in [3.63, 3.8) is 0 Å². The zero-order valence-corrected chi connectivity index (χ0v) is 13.0. The van der Waals surface area contributed by atoms with Crippen molar-refractivity contribution in [2.24, 2.45) is 7.05 Å². The van der Waals surface area contributed by atoms with Gasteiger partial charge in [-0.2, -0.15) is 0 Å². The second-order valence-electron chi connectivity index (χ2n) is 5.12. The molecule has 23 heavy (non-hydrogen) atoms. The first-order valence-corrected chi connectivity index (χ1v) is 7.20. The van der Waals surface area contributed by atoms with Crippen LogP contribution in [-0.4, -0.2) is 22.7 Å². The number of aryl methyl sites for hydroxylation is 1. The quantitative estimate of drug-likeness (QED) is 0.756. The molecule has 0 unspecified atom stereocenters. The molecular formula is C16H18N4O3. The Morgan fingerprint density at radius 2 is 2.09 bits per heavy atom. The number of amides is 2. The van der Waals surface area contributed by atoms with Crippen LogP contribution < -0.4 is 15.4 Å². The largest absolute Gasteiger partial charge is 0.492 e. The van der Waals surface area contributed by atoms with Crippen LogP contribution in [0.25, 0.3) is 11.0 Å². The Bertz CT molecular complexity index is 822. The standard InChI is InChI=1S/C16H18N4O3/c1-20-9-11(19-10-20)7-17-16(21)18-8-14-15(22-2)12-5-3-4-6-13(12)23-14/h3-6,9-10H,7-8H2,1-2H3,(H2,17,18,21). The minimum atomic E-state index is -0.293. The van der Waals surface area contributed by atoms with Crippen LogP contribution in [0.2, 0.25) is 0 Å². The molecule has 120 valence electrons. The second kappa shape index (κ2) is 6.43.